The van der Waals surface area contributed by atoms with Crippen LogP contribution in [0.3, 0.4) is 0 Å². The maximum absolute atomic E-state index is 6.90. The zero-order chi connectivity index (χ0) is 37.0. The van der Waals surface area contributed by atoms with Gasteiger partial charge in [0.25, 0.3) is 0 Å². The number of hydrogen-bond acceptors (Lipinski definition) is 2. The van der Waals surface area contributed by atoms with Crippen LogP contribution in [0.4, 0.5) is 11.4 Å². The number of anilines is 2. The highest BCUT2D eigenvalue weighted by Gasteiger charge is 2.52. The maximum Gasteiger partial charge on any atom is 0.198 e. The van der Waals surface area contributed by atoms with Gasteiger partial charge in [-0.05, 0) is 60.4 Å². The van der Waals surface area contributed by atoms with E-state index >= 15 is 0 Å². The standard InChI is InChI=1S/C52H31BN2OSi/c1-2-14-31-30(13-1)27-28-35-34-18-11-20-38-52(34)55(51(31)35)40-29-42-47(36-17-3-7-22-41(36)56-42)48(49(40)53-38)37-19-12-26-46-50(37)54-39-21-6-10-25-45(39)57(46)43-23-8-4-15-32(43)33-16-5-9-24-44(33)57/h1-29,53-54H. The molecule has 0 radical (unpaired) electrons. The van der Waals surface area contributed by atoms with E-state index in [1.54, 1.807) is 0 Å². The molecule has 0 bridgehead atoms. The van der Waals surface area contributed by atoms with Gasteiger partial charge in [-0.1, -0.05) is 163 Å². The van der Waals surface area contributed by atoms with Crippen molar-refractivity contribution < 1.29 is 4.42 Å². The summed E-state index contributed by atoms with van der Waals surface area (Å²) in [6, 6.07) is 65.8. The van der Waals surface area contributed by atoms with Gasteiger partial charge in [0.1, 0.15) is 11.2 Å². The predicted octanol–water partition coefficient (Wildman–Crippen LogP) is 8.62. The Bertz CT molecular complexity index is 3570. The minimum Gasteiger partial charge on any atom is -0.456 e. The van der Waals surface area contributed by atoms with Crippen molar-refractivity contribution in [3.05, 3.63) is 176 Å². The monoisotopic (exact) mass is 738 g/mol. The van der Waals surface area contributed by atoms with Crippen molar-refractivity contribution in [3.63, 3.8) is 0 Å². The molecule has 0 saturated carbocycles. The van der Waals surface area contributed by atoms with E-state index in [2.05, 4.69) is 186 Å². The molecule has 57 heavy (non-hydrogen) atoms. The molecule has 0 atom stereocenters. The van der Waals surface area contributed by atoms with E-state index in [1.165, 1.54) is 109 Å². The molecule has 14 rings (SSSR count). The van der Waals surface area contributed by atoms with Crippen LogP contribution in [-0.4, -0.2) is 19.9 Å². The molecule has 3 aliphatic rings. The maximum atomic E-state index is 6.90. The fourth-order valence-corrected chi connectivity index (χ4v) is 16.8. The lowest BCUT2D eigenvalue weighted by atomic mass is 9.58. The average molecular weight is 739 g/mol. The molecule has 11 aromatic rings. The van der Waals surface area contributed by atoms with Gasteiger partial charge in [-0.25, -0.2) is 0 Å². The van der Waals surface area contributed by atoms with E-state index in [1.807, 2.05) is 0 Å². The molecule has 262 valence electrons. The SMILES string of the molecule is B1c2c(cc3oc4ccccc4c3c2-c2cccc3c2Nc2ccccc2[Si]32c3ccccc3-c3ccccc32)-n2c3c1cccc3c1ccc3ccccc3c12. The molecule has 0 fully saturated rings. The number of furan rings is 1. The highest BCUT2D eigenvalue weighted by molar-refractivity contribution is 7.23. The first kappa shape index (κ1) is 30.2. The van der Waals surface area contributed by atoms with Crippen molar-refractivity contribution >= 4 is 113 Å². The first-order chi connectivity index (χ1) is 28.3. The van der Waals surface area contributed by atoms with Crippen LogP contribution in [0, 0.1) is 0 Å². The van der Waals surface area contributed by atoms with Crippen LogP contribution < -0.4 is 37.0 Å². The third-order valence-electron chi connectivity index (χ3n) is 13.4. The lowest BCUT2D eigenvalue weighted by molar-refractivity contribution is 0.669. The molecule has 3 nitrogen and oxygen atoms in total. The number of nitrogens with one attached hydrogen (secondary N) is 1. The summed E-state index contributed by atoms with van der Waals surface area (Å²) < 4.78 is 9.47. The van der Waals surface area contributed by atoms with E-state index in [0.29, 0.717) is 0 Å². The second kappa shape index (κ2) is 10.6. The van der Waals surface area contributed by atoms with Gasteiger partial charge in [-0.3, -0.25) is 0 Å². The molecule has 0 amide bonds. The quantitative estimate of drug-likeness (QED) is 0.171. The minimum atomic E-state index is -2.75. The Morgan fingerprint density at radius 1 is 0.491 bits per heavy atom. The number of hydrogen-bond donors (Lipinski definition) is 1. The average Bonchev–Trinajstić information content (AvgIpc) is 3.91. The fraction of sp³-hybridized carbons (Fsp3) is 0. The van der Waals surface area contributed by atoms with E-state index < -0.39 is 8.07 Å². The van der Waals surface area contributed by atoms with Crippen LogP contribution in [-0.2, 0) is 0 Å². The molecular formula is C52H31BN2OSi. The second-order valence-corrected chi connectivity index (χ2v) is 19.6. The number of nitrogens with zero attached hydrogens (tertiary/aromatic N) is 1. The van der Waals surface area contributed by atoms with Crippen molar-refractivity contribution in [1.82, 2.24) is 4.57 Å². The largest absolute Gasteiger partial charge is 0.456 e. The molecule has 0 aliphatic carbocycles. The topological polar surface area (TPSA) is 30.1 Å². The van der Waals surface area contributed by atoms with Crippen LogP contribution in [0.5, 0.6) is 0 Å². The molecule has 9 aromatic carbocycles. The normalized spacial score (nSPS) is 14.0. The molecule has 5 heterocycles. The van der Waals surface area contributed by atoms with Crippen LogP contribution in [0.15, 0.2) is 180 Å². The summed E-state index contributed by atoms with van der Waals surface area (Å²) in [6.45, 7) is 0. The summed E-state index contributed by atoms with van der Waals surface area (Å²) in [7, 11) is -1.93. The minimum absolute atomic E-state index is 0.820. The summed E-state index contributed by atoms with van der Waals surface area (Å²) in [5.74, 6) is 0. The summed E-state index contributed by atoms with van der Waals surface area (Å²) in [5.41, 5.74) is 15.9. The number of benzene rings is 9. The summed E-state index contributed by atoms with van der Waals surface area (Å²) in [4.78, 5) is 0. The third-order valence-corrected chi connectivity index (χ3v) is 18.4. The van der Waals surface area contributed by atoms with Crippen LogP contribution >= 0.6 is 0 Å². The fourth-order valence-electron chi connectivity index (χ4n) is 11.3. The lowest BCUT2D eigenvalue weighted by Gasteiger charge is -2.39. The van der Waals surface area contributed by atoms with Gasteiger partial charge in [-0.2, -0.15) is 0 Å². The molecule has 5 heteroatoms. The van der Waals surface area contributed by atoms with E-state index in [9.17, 15) is 0 Å². The Kier molecular flexibility index (Phi) is 5.62. The van der Waals surface area contributed by atoms with Crippen molar-refractivity contribution in [1.29, 1.82) is 0 Å². The van der Waals surface area contributed by atoms with Gasteiger partial charge in [0, 0.05) is 61.1 Å². The van der Waals surface area contributed by atoms with Gasteiger partial charge < -0.3 is 14.3 Å². The molecule has 1 N–H and O–H groups in total. The first-order valence-electron chi connectivity index (χ1n) is 19.9. The zero-order valence-corrected chi connectivity index (χ0v) is 31.8. The Labute approximate surface area is 329 Å². The zero-order valence-electron chi connectivity index (χ0n) is 30.8. The molecule has 2 aromatic heterocycles. The van der Waals surface area contributed by atoms with Gasteiger partial charge in [0.15, 0.2) is 15.4 Å². The molecule has 0 unspecified atom stereocenters. The smallest absolute Gasteiger partial charge is 0.198 e. The molecule has 3 aliphatic heterocycles. The van der Waals surface area contributed by atoms with E-state index in [0.717, 1.165) is 23.8 Å². The molecule has 0 saturated heterocycles. The molecular weight excluding hydrogens is 707 g/mol. The number of aromatic nitrogens is 1. The molecule has 1 spiro atoms. The van der Waals surface area contributed by atoms with Crippen molar-refractivity contribution in [2.75, 3.05) is 5.32 Å². The highest BCUT2D eigenvalue weighted by Crippen LogP contribution is 2.45. The van der Waals surface area contributed by atoms with Gasteiger partial charge in [-0.15, -0.1) is 0 Å². The summed E-state index contributed by atoms with van der Waals surface area (Å²) in [6.07, 6.45) is 0. The lowest BCUT2D eigenvalue weighted by Crippen LogP contribution is -2.74. The summed E-state index contributed by atoms with van der Waals surface area (Å²) in [5, 5.41) is 17.3. The Hall–Kier alpha value is -7.08. The van der Waals surface area contributed by atoms with Crippen LogP contribution in [0.25, 0.3) is 82.5 Å². The summed E-state index contributed by atoms with van der Waals surface area (Å²) >= 11 is 0. The van der Waals surface area contributed by atoms with Gasteiger partial charge in [0.2, 0.25) is 0 Å². The Morgan fingerprint density at radius 2 is 1.14 bits per heavy atom. The van der Waals surface area contributed by atoms with Gasteiger partial charge in [0.05, 0.1) is 5.52 Å². The van der Waals surface area contributed by atoms with Crippen LogP contribution in [0.1, 0.15) is 0 Å². The van der Waals surface area contributed by atoms with Crippen molar-refractivity contribution in [3.8, 4) is 27.9 Å². The second-order valence-electron chi connectivity index (χ2n) is 16.0. The van der Waals surface area contributed by atoms with E-state index in [4.69, 9.17) is 4.42 Å². The van der Waals surface area contributed by atoms with E-state index in [-0.39, 0.29) is 0 Å². The van der Waals surface area contributed by atoms with Crippen molar-refractivity contribution in [2.24, 2.45) is 0 Å². The van der Waals surface area contributed by atoms with Crippen molar-refractivity contribution in [2.45, 2.75) is 0 Å². The third kappa shape index (κ3) is 3.60. The predicted molar refractivity (Wildman–Crippen MR) is 243 cm³/mol. The Morgan fingerprint density at radius 3 is 2.00 bits per heavy atom. The number of rotatable bonds is 1. The van der Waals surface area contributed by atoms with Crippen LogP contribution in [0.2, 0.25) is 0 Å². The number of fused-ring (bicyclic) bond motifs is 19. The first-order valence-corrected chi connectivity index (χ1v) is 21.9. The Balaban J connectivity index is 1.16. The van der Waals surface area contributed by atoms with Gasteiger partial charge >= 0.3 is 0 Å². The number of para-hydroxylation sites is 4. The highest BCUT2D eigenvalue weighted by atomic mass is 28.3.